The second kappa shape index (κ2) is 6.73. The van der Waals surface area contributed by atoms with Gasteiger partial charge < -0.3 is 0 Å². The third kappa shape index (κ3) is 4.22. The Kier molecular flexibility index (Phi) is 5.04. The summed E-state index contributed by atoms with van der Waals surface area (Å²) in [7, 11) is 0. The number of nitrogens with zero attached hydrogens (tertiary/aromatic N) is 2. The lowest BCUT2D eigenvalue weighted by Gasteiger charge is -2.32. The van der Waals surface area contributed by atoms with Gasteiger partial charge in [0.25, 0.3) is 0 Å². The monoisotopic (exact) mass is 316 g/mol. The highest BCUT2D eigenvalue weighted by molar-refractivity contribution is 6.04. The third-order valence-corrected chi connectivity index (χ3v) is 1.92. The van der Waals surface area contributed by atoms with Gasteiger partial charge in [0.15, 0.2) is 0 Å². The molecule has 0 radical (unpaired) electrons. The second-order valence-corrected chi connectivity index (χ2v) is 3.73. The maximum absolute atomic E-state index is 11.6. The van der Waals surface area contributed by atoms with E-state index in [0.717, 1.165) is 13.8 Å². The maximum Gasteiger partial charge on any atom is 0.364 e. The van der Waals surface area contributed by atoms with Crippen LogP contribution in [-0.4, -0.2) is 46.0 Å². The molecular weight excluding hydrogens is 304 g/mol. The molecule has 22 heavy (non-hydrogen) atoms. The lowest BCUT2D eigenvalue weighted by Crippen LogP contribution is -2.72. The molecule has 1 rings (SSSR count). The van der Waals surface area contributed by atoms with Crippen LogP contribution in [0.3, 0.4) is 0 Å². The number of rotatable bonds is 0. The molecule has 1 fully saturated rings. The first kappa shape index (κ1) is 16.5. The Morgan fingerprint density at radius 1 is 0.727 bits per heavy atom. The highest BCUT2D eigenvalue weighted by atomic mass is 16.3. The van der Waals surface area contributed by atoms with Crippen molar-refractivity contribution in [2.24, 2.45) is 0 Å². The van der Waals surface area contributed by atoms with E-state index in [1.54, 1.807) is 10.9 Å². The standard InChI is InChI=1S/C8H12N8O6/c1-3(17)9-11-5(19)15-7(21)14-16(8(22)13-15)6(20)12-10-4(2)18/h1-2H3,(H,9,17)(H,10,18)(H,11,19)(H,12,20)(H,13,22)(H,14,21). The average Bonchev–Trinajstić information content (AvgIpc) is 2.44. The molecule has 0 saturated carbocycles. The normalized spacial score (nSPS) is 13.5. The SMILES string of the molecule is CC(=O)NNC(=O)N1NC(=O)N(C(=O)NNC(C)=O)NC1=O. The van der Waals surface area contributed by atoms with E-state index in [2.05, 4.69) is 0 Å². The summed E-state index contributed by atoms with van der Waals surface area (Å²) in [5.41, 5.74) is 11.0. The molecule has 0 atom stereocenters. The zero-order valence-corrected chi connectivity index (χ0v) is 11.3. The number of imide groups is 2. The van der Waals surface area contributed by atoms with Crippen LogP contribution in [0.2, 0.25) is 0 Å². The molecule has 6 N–H and O–H groups in total. The molecule has 0 unspecified atom stereocenters. The Labute approximate surface area is 122 Å². The summed E-state index contributed by atoms with van der Waals surface area (Å²) < 4.78 is 0. The Bertz CT molecular complexity index is 499. The van der Waals surface area contributed by atoms with Gasteiger partial charge in [-0.3, -0.25) is 20.4 Å². The number of hydrogen-bond acceptors (Lipinski definition) is 6. The molecular formula is C8H12N8O6. The summed E-state index contributed by atoms with van der Waals surface area (Å²) in [4.78, 5) is 67.4. The number of urea groups is 4. The Morgan fingerprint density at radius 3 is 1.32 bits per heavy atom. The largest absolute Gasteiger partial charge is 0.364 e. The van der Waals surface area contributed by atoms with Crippen LogP contribution in [0.4, 0.5) is 19.2 Å². The van der Waals surface area contributed by atoms with E-state index in [1.807, 2.05) is 21.7 Å². The fourth-order valence-corrected chi connectivity index (χ4v) is 1.07. The number of hydrazine groups is 4. The number of nitrogens with one attached hydrogen (secondary N) is 6. The molecule has 14 nitrogen and oxygen atoms in total. The minimum Gasteiger partial charge on any atom is -0.274 e. The summed E-state index contributed by atoms with van der Waals surface area (Å²) in [6.07, 6.45) is 0. The smallest absolute Gasteiger partial charge is 0.274 e. The predicted molar refractivity (Wildman–Crippen MR) is 65.4 cm³/mol. The highest BCUT2D eigenvalue weighted by Crippen LogP contribution is 1.98. The maximum atomic E-state index is 11.6. The van der Waals surface area contributed by atoms with Gasteiger partial charge in [-0.25, -0.2) is 40.9 Å². The zero-order valence-electron chi connectivity index (χ0n) is 11.3. The molecule has 0 spiro atoms. The summed E-state index contributed by atoms with van der Waals surface area (Å²) in [5, 5.41) is 0.362. The highest BCUT2D eigenvalue weighted by Gasteiger charge is 2.37. The fraction of sp³-hybridized carbons (Fsp3) is 0.250. The van der Waals surface area contributed by atoms with Gasteiger partial charge in [0, 0.05) is 13.8 Å². The van der Waals surface area contributed by atoms with E-state index < -0.39 is 35.9 Å². The molecule has 0 aromatic rings. The van der Waals surface area contributed by atoms with Crippen LogP contribution in [0.1, 0.15) is 13.8 Å². The minimum atomic E-state index is -1.19. The van der Waals surface area contributed by atoms with Gasteiger partial charge in [-0.1, -0.05) is 0 Å². The van der Waals surface area contributed by atoms with E-state index in [-0.39, 0.29) is 10.0 Å². The van der Waals surface area contributed by atoms with Crippen molar-refractivity contribution in [2.45, 2.75) is 13.8 Å². The Balaban J connectivity index is 2.64. The lowest BCUT2D eigenvalue weighted by molar-refractivity contribution is -0.120. The molecule has 0 aliphatic carbocycles. The molecule has 1 aliphatic heterocycles. The Morgan fingerprint density at radius 2 is 1.05 bits per heavy atom. The van der Waals surface area contributed by atoms with Gasteiger partial charge in [0.1, 0.15) is 0 Å². The molecule has 10 amide bonds. The number of amides is 10. The number of carbonyl (C=O) groups excluding carboxylic acids is 6. The second-order valence-electron chi connectivity index (χ2n) is 3.73. The first-order chi connectivity index (χ1) is 10.2. The van der Waals surface area contributed by atoms with Crippen LogP contribution in [0, 0.1) is 0 Å². The molecule has 0 aromatic carbocycles. The van der Waals surface area contributed by atoms with E-state index in [9.17, 15) is 28.8 Å². The first-order valence-electron chi connectivity index (χ1n) is 5.57. The fourth-order valence-electron chi connectivity index (χ4n) is 1.07. The van der Waals surface area contributed by atoms with Crippen molar-refractivity contribution in [3.05, 3.63) is 0 Å². The van der Waals surface area contributed by atoms with Crippen molar-refractivity contribution in [1.82, 2.24) is 42.6 Å². The van der Waals surface area contributed by atoms with Gasteiger partial charge >= 0.3 is 24.1 Å². The molecule has 0 aromatic heterocycles. The van der Waals surface area contributed by atoms with E-state index in [1.165, 1.54) is 0 Å². The molecule has 1 aliphatic rings. The van der Waals surface area contributed by atoms with Gasteiger partial charge in [-0.15, -0.1) is 10.0 Å². The van der Waals surface area contributed by atoms with E-state index in [4.69, 9.17) is 0 Å². The topological polar surface area (TPSA) is 181 Å². The van der Waals surface area contributed by atoms with Crippen LogP contribution >= 0.6 is 0 Å². The van der Waals surface area contributed by atoms with Crippen molar-refractivity contribution in [2.75, 3.05) is 0 Å². The first-order valence-corrected chi connectivity index (χ1v) is 5.57. The average molecular weight is 316 g/mol. The van der Waals surface area contributed by atoms with Crippen molar-refractivity contribution < 1.29 is 28.8 Å². The molecule has 1 heterocycles. The van der Waals surface area contributed by atoms with Crippen LogP contribution in [0.5, 0.6) is 0 Å². The zero-order chi connectivity index (χ0) is 16.9. The molecule has 0 bridgehead atoms. The third-order valence-electron chi connectivity index (χ3n) is 1.92. The van der Waals surface area contributed by atoms with Gasteiger partial charge in [-0.05, 0) is 0 Å². The Hall–Kier alpha value is -3.58. The van der Waals surface area contributed by atoms with Crippen LogP contribution in [0.25, 0.3) is 0 Å². The van der Waals surface area contributed by atoms with Gasteiger partial charge in [-0.2, -0.15) is 0 Å². The van der Waals surface area contributed by atoms with Crippen molar-refractivity contribution >= 4 is 35.9 Å². The minimum absolute atomic E-state index is 0.181. The summed E-state index contributed by atoms with van der Waals surface area (Å²) >= 11 is 0. The van der Waals surface area contributed by atoms with E-state index >= 15 is 0 Å². The van der Waals surface area contributed by atoms with Crippen LogP contribution in [-0.2, 0) is 9.59 Å². The summed E-state index contributed by atoms with van der Waals surface area (Å²) in [6.45, 7) is 2.20. The predicted octanol–water partition coefficient (Wildman–Crippen LogP) is -2.63. The van der Waals surface area contributed by atoms with Crippen molar-refractivity contribution in [3.8, 4) is 0 Å². The van der Waals surface area contributed by atoms with Crippen LogP contribution < -0.4 is 32.6 Å². The molecule has 120 valence electrons. The van der Waals surface area contributed by atoms with Gasteiger partial charge in [0.2, 0.25) is 11.8 Å². The summed E-state index contributed by atoms with van der Waals surface area (Å²) in [6, 6.07) is -4.74. The molecule has 14 heteroatoms. The number of carbonyl (C=O) groups is 6. The van der Waals surface area contributed by atoms with Gasteiger partial charge in [0.05, 0.1) is 0 Å². The van der Waals surface area contributed by atoms with E-state index in [0.29, 0.717) is 0 Å². The lowest BCUT2D eigenvalue weighted by atomic mass is 10.7. The van der Waals surface area contributed by atoms with Crippen LogP contribution in [0.15, 0.2) is 0 Å². The van der Waals surface area contributed by atoms with Crippen molar-refractivity contribution in [1.29, 1.82) is 0 Å². The summed E-state index contributed by atoms with van der Waals surface area (Å²) in [5.74, 6) is -1.23. The number of hydrogen-bond donors (Lipinski definition) is 6. The van der Waals surface area contributed by atoms with Crippen molar-refractivity contribution in [3.63, 3.8) is 0 Å². The molecule has 1 saturated heterocycles. The quantitative estimate of drug-likeness (QED) is 0.266.